The van der Waals surface area contributed by atoms with Gasteiger partial charge in [0.15, 0.2) is 6.10 Å². The lowest BCUT2D eigenvalue weighted by molar-refractivity contribution is -0.154. The number of rotatable bonds is 4. The number of aromatic nitrogens is 1. The Hall–Kier alpha value is -2.25. The number of hydrogen-bond donors (Lipinski definition) is 1. The summed E-state index contributed by atoms with van der Waals surface area (Å²) in [5.74, 6) is -0.844. The van der Waals surface area contributed by atoms with Gasteiger partial charge in [-0.15, -0.1) is 11.3 Å². The van der Waals surface area contributed by atoms with Crippen molar-refractivity contribution >= 4 is 23.2 Å². The Bertz CT molecular complexity index is 770. The summed E-state index contributed by atoms with van der Waals surface area (Å²) in [5.41, 5.74) is 2.57. The van der Waals surface area contributed by atoms with Crippen LogP contribution in [0.25, 0.3) is 10.6 Å². The SMILES string of the molecule is CC(C)c1ccc(-c2nc(C(=O)N3CCOC(C(=O)O)C3)cs2)cc1. The molecule has 2 heterocycles. The Morgan fingerprint density at radius 1 is 1.32 bits per heavy atom. The number of amides is 1. The molecule has 2 aromatic rings. The van der Waals surface area contributed by atoms with E-state index in [1.807, 2.05) is 12.1 Å². The van der Waals surface area contributed by atoms with Gasteiger partial charge in [-0.25, -0.2) is 9.78 Å². The summed E-state index contributed by atoms with van der Waals surface area (Å²) in [6.07, 6.45) is -0.973. The van der Waals surface area contributed by atoms with Crippen LogP contribution in [0.3, 0.4) is 0 Å². The van der Waals surface area contributed by atoms with Crippen molar-refractivity contribution in [2.24, 2.45) is 0 Å². The highest BCUT2D eigenvalue weighted by Gasteiger charge is 2.30. The standard InChI is InChI=1S/C18H20N2O4S/c1-11(2)12-3-5-13(6-4-12)16-19-14(10-25-16)17(21)20-7-8-24-15(9-20)18(22)23/h3-6,10-11,15H,7-9H2,1-2H3,(H,22,23). The van der Waals surface area contributed by atoms with E-state index in [1.165, 1.54) is 21.8 Å². The summed E-state index contributed by atoms with van der Waals surface area (Å²) in [5, 5.41) is 11.5. The normalized spacial score (nSPS) is 17.7. The maximum absolute atomic E-state index is 12.6. The molecule has 1 aromatic carbocycles. The van der Waals surface area contributed by atoms with Crippen LogP contribution < -0.4 is 0 Å². The van der Waals surface area contributed by atoms with E-state index in [1.54, 1.807) is 5.38 Å². The van der Waals surface area contributed by atoms with E-state index in [0.717, 1.165) is 10.6 Å². The first-order chi connectivity index (χ1) is 12.0. The third kappa shape index (κ3) is 3.88. The molecule has 1 unspecified atom stereocenters. The first kappa shape index (κ1) is 17.6. The Morgan fingerprint density at radius 2 is 2.04 bits per heavy atom. The molecular weight excluding hydrogens is 340 g/mol. The van der Waals surface area contributed by atoms with E-state index in [9.17, 15) is 9.59 Å². The lowest BCUT2D eigenvalue weighted by atomic mass is 10.0. The van der Waals surface area contributed by atoms with Crippen LogP contribution in [0.4, 0.5) is 0 Å². The number of carbonyl (C=O) groups excluding carboxylic acids is 1. The molecule has 0 saturated carbocycles. The van der Waals surface area contributed by atoms with E-state index in [-0.39, 0.29) is 19.1 Å². The average Bonchev–Trinajstić information content (AvgIpc) is 3.11. The molecule has 1 aliphatic rings. The molecule has 0 bridgehead atoms. The third-order valence-corrected chi connectivity index (χ3v) is 5.07. The van der Waals surface area contributed by atoms with E-state index in [4.69, 9.17) is 9.84 Å². The smallest absolute Gasteiger partial charge is 0.334 e. The molecular formula is C18H20N2O4S. The summed E-state index contributed by atoms with van der Waals surface area (Å²) in [4.78, 5) is 29.6. The number of hydrogen-bond acceptors (Lipinski definition) is 5. The summed E-state index contributed by atoms with van der Waals surface area (Å²) >= 11 is 1.41. The van der Waals surface area contributed by atoms with Gasteiger partial charge in [0, 0.05) is 17.5 Å². The molecule has 1 N–H and O–H groups in total. The van der Waals surface area contributed by atoms with Crippen molar-refractivity contribution < 1.29 is 19.4 Å². The third-order valence-electron chi connectivity index (χ3n) is 4.18. The molecule has 1 atom stereocenters. The van der Waals surface area contributed by atoms with Gasteiger partial charge in [-0.3, -0.25) is 4.79 Å². The Balaban J connectivity index is 1.74. The zero-order chi connectivity index (χ0) is 18.0. The van der Waals surface area contributed by atoms with Gasteiger partial charge in [0.2, 0.25) is 0 Å². The molecule has 6 nitrogen and oxygen atoms in total. The van der Waals surface area contributed by atoms with Crippen LogP contribution in [0.2, 0.25) is 0 Å². The Morgan fingerprint density at radius 3 is 2.68 bits per heavy atom. The molecule has 1 aromatic heterocycles. The highest BCUT2D eigenvalue weighted by molar-refractivity contribution is 7.13. The molecule has 25 heavy (non-hydrogen) atoms. The van der Waals surface area contributed by atoms with Gasteiger partial charge in [0.05, 0.1) is 13.2 Å². The van der Waals surface area contributed by atoms with Gasteiger partial charge in [-0.2, -0.15) is 0 Å². The van der Waals surface area contributed by atoms with Crippen LogP contribution in [-0.2, 0) is 9.53 Å². The fourth-order valence-electron chi connectivity index (χ4n) is 2.66. The summed E-state index contributed by atoms with van der Waals surface area (Å²) < 4.78 is 5.15. The van der Waals surface area contributed by atoms with Gasteiger partial charge in [0.1, 0.15) is 10.7 Å². The van der Waals surface area contributed by atoms with Crippen molar-refractivity contribution in [1.29, 1.82) is 0 Å². The largest absolute Gasteiger partial charge is 0.479 e. The first-order valence-corrected chi connectivity index (χ1v) is 9.03. The fraction of sp³-hybridized carbons (Fsp3) is 0.389. The molecule has 3 rings (SSSR count). The molecule has 0 spiro atoms. The molecule has 1 aliphatic heterocycles. The Kier molecular flexibility index (Phi) is 5.15. The quantitative estimate of drug-likeness (QED) is 0.907. The maximum Gasteiger partial charge on any atom is 0.334 e. The number of benzene rings is 1. The second-order valence-corrected chi connectivity index (χ2v) is 7.12. The highest BCUT2D eigenvalue weighted by atomic mass is 32.1. The number of ether oxygens (including phenoxy) is 1. The van der Waals surface area contributed by atoms with Gasteiger partial charge < -0.3 is 14.7 Å². The van der Waals surface area contributed by atoms with Crippen LogP contribution in [0.5, 0.6) is 0 Å². The van der Waals surface area contributed by atoms with E-state index >= 15 is 0 Å². The number of carboxylic acid groups (broad SMARTS) is 1. The predicted octanol–water partition coefficient (Wildman–Crippen LogP) is 2.86. The minimum atomic E-state index is -1.05. The minimum Gasteiger partial charge on any atom is -0.479 e. The lowest BCUT2D eigenvalue weighted by Crippen LogP contribution is -2.48. The number of carboxylic acids is 1. The zero-order valence-corrected chi connectivity index (χ0v) is 15.0. The minimum absolute atomic E-state index is 0.0457. The summed E-state index contributed by atoms with van der Waals surface area (Å²) in [6.45, 7) is 4.92. The average molecular weight is 360 g/mol. The van der Waals surface area contributed by atoms with Crippen molar-refractivity contribution in [3.05, 3.63) is 40.9 Å². The fourth-order valence-corrected chi connectivity index (χ4v) is 3.46. The lowest BCUT2D eigenvalue weighted by Gasteiger charge is -2.30. The summed E-state index contributed by atoms with van der Waals surface area (Å²) in [6, 6.07) is 8.17. The van der Waals surface area contributed by atoms with Gasteiger partial charge >= 0.3 is 5.97 Å². The zero-order valence-electron chi connectivity index (χ0n) is 14.1. The second kappa shape index (κ2) is 7.33. The van der Waals surface area contributed by atoms with Crippen molar-refractivity contribution in [1.82, 2.24) is 9.88 Å². The molecule has 1 amide bonds. The van der Waals surface area contributed by atoms with Crippen molar-refractivity contribution in [3.8, 4) is 10.6 Å². The Labute approximate surface area is 150 Å². The second-order valence-electron chi connectivity index (χ2n) is 6.26. The van der Waals surface area contributed by atoms with E-state index in [0.29, 0.717) is 18.2 Å². The van der Waals surface area contributed by atoms with Crippen molar-refractivity contribution in [3.63, 3.8) is 0 Å². The van der Waals surface area contributed by atoms with E-state index in [2.05, 4.69) is 31.0 Å². The van der Waals surface area contributed by atoms with Crippen LogP contribution in [-0.4, -0.2) is 52.7 Å². The highest BCUT2D eigenvalue weighted by Crippen LogP contribution is 2.26. The predicted molar refractivity (Wildman–Crippen MR) is 94.9 cm³/mol. The first-order valence-electron chi connectivity index (χ1n) is 8.15. The van der Waals surface area contributed by atoms with Crippen LogP contribution in [0, 0.1) is 0 Å². The molecule has 132 valence electrons. The van der Waals surface area contributed by atoms with Gasteiger partial charge in [-0.05, 0) is 11.5 Å². The number of thiazole rings is 1. The molecule has 1 saturated heterocycles. The number of carbonyl (C=O) groups is 2. The molecule has 1 fully saturated rings. The number of aliphatic carboxylic acids is 1. The van der Waals surface area contributed by atoms with E-state index < -0.39 is 12.1 Å². The number of nitrogens with zero attached hydrogens (tertiary/aromatic N) is 2. The van der Waals surface area contributed by atoms with Crippen LogP contribution in [0.15, 0.2) is 29.6 Å². The van der Waals surface area contributed by atoms with Crippen LogP contribution in [0.1, 0.15) is 35.8 Å². The summed E-state index contributed by atoms with van der Waals surface area (Å²) in [7, 11) is 0. The van der Waals surface area contributed by atoms with Gasteiger partial charge in [0.25, 0.3) is 5.91 Å². The van der Waals surface area contributed by atoms with Gasteiger partial charge in [-0.1, -0.05) is 38.1 Å². The number of morpholine rings is 1. The monoisotopic (exact) mass is 360 g/mol. The van der Waals surface area contributed by atoms with Crippen LogP contribution >= 0.6 is 11.3 Å². The van der Waals surface area contributed by atoms with Crippen molar-refractivity contribution in [2.75, 3.05) is 19.7 Å². The molecule has 7 heteroatoms. The van der Waals surface area contributed by atoms with Crippen molar-refractivity contribution in [2.45, 2.75) is 25.9 Å². The molecule has 0 radical (unpaired) electrons. The maximum atomic E-state index is 12.6. The topological polar surface area (TPSA) is 79.7 Å². The molecule has 0 aliphatic carbocycles.